The van der Waals surface area contributed by atoms with Crippen molar-refractivity contribution in [1.82, 2.24) is 5.32 Å². The third-order valence-corrected chi connectivity index (χ3v) is 4.36. The van der Waals surface area contributed by atoms with E-state index in [1.165, 1.54) is 37.8 Å². The number of benzene rings is 1. The highest BCUT2D eigenvalue weighted by molar-refractivity contribution is 5.20. The molecule has 0 bridgehead atoms. The standard InChI is InChI=1S/C16H23F2N/c1-11-5-3-4-6-13(11)10-19-12(2)14-7-15(17)9-16(18)8-14/h7-9,11-13,19H,3-6,10H2,1-2H3. The summed E-state index contributed by atoms with van der Waals surface area (Å²) in [6, 6.07) is 3.72. The van der Waals surface area contributed by atoms with Gasteiger partial charge in [-0.2, -0.15) is 0 Å². The van der Waals surface area contributed by atoms with Crippen LogP contribution in [-0.2, 0) is 0 Å². The second kappa shape index (κ2) is 6.47. The number of hydrogen-bond acceptors (Lipinski definition) is 1. The lowest BCUT2D eigenvalue weighted by Crippen LogP contribution is -2.31. The quantitative estimate of drug-likeness (QED) is 0.850. The summed E-state index contributed by atoms with van der Waals surface area (Å²) in [7, 11) is 0. The first-order valence-corrected chi connectivity index (χ1v) is 7.25. The molecule has 0 aromatic heterocycles. The second-order valence-corrected chi connectivity index (χ2v) is 5.85. The van der Waals surface area contributed by atoms with Crippen LogP contribution in [0.3, 0.4) is 0 Å². The molecule has 2 rings (SSSR count). The zero-order valence-corrected chi connectivity index (χ0v) is 11.8. The minimum absolute atomic E-state index is 0.0145. The van der Waals surface area contributed by atoms with E-state index in [4.69, 9.17) is 0 Å². The second-order valence-electron chi connectivity index (χ2n) is 5.85. The van der Waals surface area contributed by atoms with Crippen molar-refractivity contribution in [2.24, 2.45) is 11.8 Å². The van der Waals surface area contributed by atoms with Crippen LogP contribution in [0.5, 0.6) is 0 Å². The molecule has 1 aliphatic rings. The SMILES string of the molecule is CC(NCC1CCCCC1C)c1cc(F)cc(F)c1. The van der Waals surface area contributed by atoms with Gasteiger partial charge >= 0.3 is 0 Å². The van der Waals surface area contributed by atoms with E-state index < -0.39 is 11.6 Å². The Bertz CT molecular complexity index is 399. The van der Waals surface area contributed by atoms with Gasteiger partial charge in [-0.05, 0) is 49.4 Å². The van der Waals surface area contributed by atoms with Crippen molar-refractivity contribution < 1.29 is 8.78 Å². The molecule has 106 valence electrons. The fourth-order valence-corrected chi connectivity index (χ4v) is 2.97. The van der Waals surface area contributed by atoms with Gasteiger partial charge in [0.25, 0.3) is 0 Å². The summed E-state index contributed by atoms with van der Waals surface area (Å²) in [6.07, 6.45) is 5.20. The Labute approximate surface area is 114 Å². The van der Waals surface area contributed by atoms with Crippen molar-refractivity contribution in [1.29, 1.82) is 0 Å². The lowest BCUT2D eigenvalue weighted by molar-refractivity contribution is 0.242. The Balaban J connectivity index is 1.91. The first-order chi connectivity index (χ1) is 9.06. The van der Waals surface area contributed by atoms with Crippen LogP contribution < -0.4 is 5.32 Å². The number of halogens is 2. The average molecular weight is 267 g/mol. The van der Waals surface area contributed by atoms with E-state index >= 15 is 0 Å². The zero-order chi connectivity index (χ0) is 13.8. The molecule has 1 aromatic rings. The summed E-state index contributed by atoms with van der Waals surface area (Å²) >= 11 is 0. The van der Waals surface area contributed by atoms with Gasteiger partial charge in [0.1, 0.15) is 11.6 Å². The van der Waals surface area contributed by atoms with Crippen LogP contribution in [0, 0.1) is 23.5 Å². The van der Waals surface area contributed by atoms with Crippen molar-refractivity contribution in [3.8, 4) is 0 Å². The van der Waals surface area contributed by atoms with Gasteiger partial charge in [0.2, 0.25) is 0 Å². The minimum atomic E-state index is -0.505. The monoisotopic (exact) mass is 267 g/mol. The summed E-state index contributed by atoms with van der Waals surface area (Å²) in [6.45, 7) is 5.19. The Kier molecular flexibility index (Phi) is 4.92. The van der Waals surface area contributed by atoms with Crippen molar-refractivity contribution in [3.05, 3.63) is 35.4 Å². The van der Waals surface area contributed by atoms with Crippen molar-refractivity contribution >= 4 is 0 Å². The van der Waals surface area contributed by atoms with E-state index in [9.17, 15) is 8.78 Å². The molecule has 3 unspecified atom stereocenters. The maximum Gasteiger partial charge on any atom is 0.126 e. The van der Waals surface area contributed by atoms with Crippen LogP contribution in [0.15, 0.2) is 18.2 Å². The Morgan fingerprint density at radius 2 is 1.79 bits per heavy atom. The van der Waals surface area contributed by atoms with Crippen molar-refractivity contribution in [3.63, 3.8) is 0 Å². The highest BCUT2D eigenvalue weighted by Gasteiger charge is 2.21. The van der Waals surface area contributed by atoms with Crippen LogP contribution >= 0.6 is 0 Å². The maximum atomic E-state index is 13.2. The van der Waals surface area contributed by atoms with E-state index in [0.29, 0.717) is 11.5 Å². The van der Waals surface area contributed by atoms with E-state index in [1.807, 2.05) is 6.92 Å². The van der Waals surface area contributed by atoms with E-state index in [2.05, 4.69) is 12.2 Å². The third kappa shape index (κ3) is 4.00. The van der Waals surface area contributed by atoms with E-state index in [-0.39, 0.29) is 6.04 Å². The van der Waals surface area contributed by atoms with Crippen LogP contribution in [0.2, 0.25) is 0 Å². The smallest absolute Gasteiger partial charge is 0.126 e. The summed E-state index contributed by atoms with van der Waals surface area (Å²) in [5, 5.41) is 3.42. The van der Waals surface area contributed by atoms with Crippen molar-refractivity contribution in [2.45, 2.75) is 45.6 Å². The first-order valence-electron chi connectivity index (χ1n) is 7.25. The van der Waals surface area contributed by atoms with E-state index in [0.717, 1.165) is 18.5 Å². The van der Waals surface area contributed by atoms with Gasteiger partial charge in [-0.1, -0.05) is 26.2 Å². The molecule has 3 heteroatoms. The normalized spacial score (nSPS) is 25.3. The van der Waals surface area contributed by atoms with Gasteiger partial charge in [-0.3, -0.25) is 0 Å². The molecule has 0 heterocycles. The predicted octanol–water partition coefficient (Wildman–Crippen LogP) is 4.44. The van der Waals surface area contributed by atoms with Crippen LogP contribution in [-0.4, -0.2) is 6.54 Å². The van der Waals surface area contributed by atoms with Gasteiger partial charge in [-0.25, -0.2) is 8.78 Å². The summed E-state index contributed by atoms with van der Waals surface area (Å²) in [4.78, 5) is 0. The molecule has 19 heavy (non-hydrogen) atoms. The molecule has 1 fully saturated rings. The van der Waals surface area contributed by atoms with Gasteiger partial charge in [0.05, 0.1) is 0 Å². The largest absolute Gasteiger partial charge is 0.310 e. The first kappa shape index (κ1) is 14.4. The van der Waals surface area contributed by atoms with Crippen LogP contribution in [0.25, 0.3) is 0 Å². The summed E-state index contributed by atoms with van der Waals surface area (Å²) in [5.41, 5.74) is 0.681. The summed E-state index contributed by atoms with van der Waals surface area (Å²) in [5.74, 6) is 0.427. The fraction of sp³-hybridized carbons (Fsp3) is 0.625. The maximum absolute atomic E-state index is 13.2. The fourth-order valence-electron chi connectivity index (χ4n) is 2.97. The van der Waals surface area contributed by atoms with Crippen molar-refractivity contribution in [2.75, 3.05) is 6.54 Å². The number of hydrogen-bond donors (Lipinski definition) is 1. The Morgan fingerprint density at radius 3 is 2.42 bits per heavy atom. The number of nitrogens with one attached hydrogen (secondary N) is 1. The molecule has 1 aromatic carbocycles. The molecule has 1 aliphatic carbocycles. The highest BCUT2D eigenvalue weighted by atomic mass is 19.1. The minimum Gasteiger partial charge on any atom is -0.310 e. The van der Waals surface area contributed by atoms with Gasteiger partial charge in [0, 0.05) is 12.1 Å². The van der Waals surface area contributed by atoms with Gasteiger partial charge < -0.3 is 5.32 Å². The van der Waals surface area contributed by atoms with Crippen LogP contribution in [0.1, 0.15) is 51.1 Å². The van der Waals surface area contributed by atoms with Gasteiger partial charge in [0.15, 0.2) is 0 Å². The molecule has 0 saturated heterocycles. The lowest BCUT2D eigenvalue weighted by atomic mass is 9.80. The van der Waals surface area contributed by atoms with Gasteiger partial charge in [-0.15, -0.1) is 0 Å². The predicted molar refractivity (Wildman–Crippen MR) is 73.9 cm³/mol. The molecular formula is C16H23F2N. The molecule has 0 amide bonds. The third-order valence-electron chi connectivity index (χ3n) is 4.36. The summed E-state index contributed by atoms with van der Waals surface area (Å²) < 4.78 is 26.4. The topological polar surface area (TPSA) is 12.0 Å². The molecule has 0 radical (unpaired) electrons. The molecule has 3 atom stereocenters. The average Bonchev–Trinajstić information content (AvgIpc) is 2.36. The number of rotatable bonds is 4. The molecule has 1 saturated carbocycles. The van der Waals surface area contributed by atoms with E-state index in [1.54, 1.807) is 0 Å². The molecular weight excluding hydrogens is 244 g/mol. The zero-order valence-electron chi connectivity index (χ0n) is 11.8. The molecule has 1 N–H and O–H groups in total. The van der Waals surface area contributed by atoms with Crippen LogP contribution in [0.4, 0.5) is 8.78 Å². The lowest BCUT2D eigenvalue weighted by Gasteiger charge is -2.30. The highest BCUT2D eigenvalue weighted by Crippen LogP contribution is 2.29. The Hall–Kier alpha value is -0.960. The molecule has 1 nitrogen and oxygen atoms in total. The Morgan fingerprint density at radius 1 is 1.16 bits per heavy atom. The molecule has 0 spiro atoms. The molecule has 0 aliphatic heterocycles.